The van der Waals surface area contributed by atoms with E-state index in [1.165, 1.54) is 5.06 Å². The normalized spacial score (nSPS) is 22.7. The second kappa shape index (κ2) is 7.05. The van der Waals surface area contributed by atoms with Crippen molar-refractivity contribution in [1.82, 2.24) is 10.4 Å². The van der Waals surface area contributed by atoms with Crippen molar-refractivity contribution >= 4 is 12.0 Å². The molecule has 1 aromatic rings. The van der Waals surface area contributed by atoms with Gasteiger partial charge in [-0.05, 0) is 11.5 Å². The number of ether oxygens (including phenoxy) is 1. The first-order valence-electron chi connectivity index (χ1n) is 8.20. The smallest absolute Gasteiger partial charge is 0.408 e. The fourth-order valence-corrected chi connectivity index (χ4v) is 2.88. The third kappa shape index (κ3) is 3.59. The minimum absolute atomic E-state index is 0.0307. The largest absolute Gasteiger partial charge is 0.445 e. The minimum atomic E-state index is -0.680. The molecule has 3 rings (SSSR count). The summed E-state index contributed by atoms with van der Waals surface area (Å²) in [6.45, 7) is 3.92. The van der Waals surface area contributed by atoms with Gasteiger partial charge in [0.2, 0.25) is 0 Å². The highest BCUT2D eigenvalue weighted by atomic mass is 16.7. The van der Waals surface area contributed by atoms with Crippen LogP contribution in [0.15, 0.2) is 42.5 Å². The Morgan fingerprint density at radius 2 is 2.04 bits per heavy atom. The van der Waals surface area contributed by atoms with Crippen molar-refractivity contribution in [2.45, 2.75) is 45.1 Å². The Labute approximate surface area is 141 Å². The Kier molecular flexibility index (Phi) is 4.85. The van der Waals surface area contributed by atoms with E-state index >= 15 is 0 Å². The maximum Gasteiger partial charge on any atom is 0.408 e. The summed E-state index contributed by atoms with van der Waals surface area (Å²) in [6.07, 6.45) is 4.08. The molecule has 0 aromatic heterocycles. The van der Waals surface area contributed by atoms with Crippen LogP contribution in [-0.4, -0.2) is 35.3 Å². The first-order valence-corrected chi connectivity index (χ1v) is 8.20. The molecule has 6 nitrogen and oxygen atoms in total. The minimum Gasteiger partial charge on any atom is -0.445 e. The van der Waals surface area contributed by atoms with E-state index in [1.807, 2.05) is 56.3 Å². The number of hydrogen-bond donors (Lipinski definition) is 1. The van der Waals surface area contributed by atoms with Gasteiger partial charge in [0.05, 0.1) is 6.04 Å². The van der Waals surface area contributed by atoms with E-state index in [9.17, 15) is 9.59 Å². The van der Waals surface area contributed by atoms with Crippen LogP contribution in [0.4, 0.5) is 4.79 Å². The Bertz CT molecular complexity index is 629. The third-order valence-electron chi connectivity index (χ3n) is 4.21. The Morgan fingerprint density at radius 3 is 2.62 bits per heavy atom. The predicted octanol–water partition coefficient (Wildman–Crippen LogP) is 2.41. The van der Waals surface area contributed by atoms with Gasteiger partial charge in [-0.1, -0.05) is 56.3 Å². The van der Waals surface area contributed by atoms with Crippen LogP contribution >= 0.6 is 0 Å². The van der Waals surface area contributed by atoms with E-state index < -0.39 is 12.1 Å². The third-order valence-corrected chi connectivity index (χ3v) is 4.21. The number of benzene rings is 1. The van der Waals surface area contributed by atoms with Gasteiger partial charge in [-0.15, -0.1) is 0 Å². The molecule has 1 aromatic carbocycles. The Balaban J connectivity index is 1.56. The van der Waals surface area contributed by atoms with Crippen molar-refractivity contribution in [3.05, 3.63) is 48.0 Å². The fraction of sp³-hybridized carbons (Fsp3) is 0.444. The summed E-state index contributed by atoms with van der Waals surface area (Å²) in [5, 5.41) is 4.05. The first-order chi connectivity index (χ1) is 11.5. The van der Waals surface area contributed by atoms with E-state index in [-0.39, 0.29) is 30.6 Å². The summed E-state index contributed by atoms with van der Waals surface area (Å²) in [7, 11) is 0. The average molecular weight is 330 g/mol. The molecule has 1 N–H and O–H groups in total. The number of hydroxylamine groups is 2. The molecule has 2 bridgehead atoms. The summed E-state index contributed by atoms with van der Waals surface area (Å²) in [6, 6.07) is 8.69. The number of amides is 2. The van der Waals surface area contributed by atoms with E-state index in [0.29, 0.717) is 0 Å². The zero-order valence-electron chi connectivity index (χ0n) is 13.8. The molecule has 3 atom stereocenters. The maximum absolute atomic E-state index is 12.7. The summed E-state index contributed by atoms with van der Waals surface area (Å²) in [5.41, 5.74) is 0.894. The van der Waals surface area contributed by atoms with Gasteiger partial charge in [0.15, 0.2) is 0 Å². The number of carbonyl (C=O) groups is 2. The van der Waals surface area contributed by atoms with Gasteiger partial charge < -0.3 is 10.1 Å². The number of hydrogen-bond acceptors (Lipinski definition) is 4. The average Bonchev–Trinajstić information content (AvgIpc) is 3.21. The summed E-state index contributed by atoms with van der Waals surface area (Å²) < 4.78 is 5.21. The van der Waals surface area contributed by atoms with Gasteiger partial charge in [-0.2, -0.15) is 0 Å². The van der Waals surface area contributed by atoms with Crippen LogP contribution in [0.3, 0.4) is 0 Å². The molecule has 2 aliphatic rings. The Hall–Kier alpha value is -2.34. The first kappa shape index (κ1) is 16.5. The van der Waals surface area contributed by atoms with Crippen molar-refractivity contribution in [1.29, 1.82) is 0 Å². The molecule has 1 aliphatic heterocycles. The maximum atomic E-state index is 12.7. The molecule has 0 spiro atoms. The number of alkyl carbamates (subject to hydrolysis) is 1. The highest BCUT2D eigenvalue weighted by Gasteiger charge is 2.42. The molecular formula is C18H22N2O4. The molecule has 1 aliphatic carbocycles. The molecule has 6 heteroatoms. The molecule has 24 heavy (non-hydrogen) atoms. The van der Waals surface area contributed by atoms with Crippen molar-refractivity contribution in [2.75, 3.05) is 0 Å². The van der Waals surface area contributed by atoms with E-state index in [2.05, 4.69) is 5.32 Å². The monoisotopic (exact) mass is 330 g/mol. The quantitative estimate of drug-likeness (QED) is 0.842. The molecule has 2 amide bonds. The standard InChI is InChI=1S/C18H22N2O4/c1-12(2)16(17(21)20-14-8-9-15(10-14)24-20)19-18(22)23-11-13-6-4-3-5-7-13/h3-9,12,14-16H,10-11H2,1-2H3,(H,19,22)/t14-,15+,16+/m1/s1. The van der Waals surface area contributed by atoms with E-state index in [0.717, 1.165) is 12.0 Å². The van der Waals surface area contributed by atoms with Gasteiger partial charge in [-0.25, -0.2) is 9.86 Å². The van der Waals surface area contributed by atoms with E-state index in [1.54, 1.807) is 0 Å². The molecule has 0 unspecified atom stereocenters. The topological polar surface area (TPSA) is 67.9 Å². The summed E-state index contributed by atoms with van der Waals surface area (Å²) in [4.78, 5) is 30.3. The van der Waals surface area contributed by atoms with Crippen LogP contribution in [0.1, 0.15) is 25.8 Å². The predicted molar refractivity (Wildman–Crippen MR) is 87.7 cm³/mol. The second-order valence-corrected chi connectivity index (χ2v) is 6.42. The zero-order chi connectivity index (χ0) is 17.1. The summed E-state index contributed by atoms with van der Waals surface area (Å²) in [5.74, 6) is -0.313. The zero-order valence-corrected chi connectivity index (χ0v) is 13.8. The lowest BCUT2D eigenvalue weighted by Crippen LogP contribution is -2.52. The van der Waals surface area contributed by atoms with Gasteiger partial charge >= 0.3 is 6.09 Å². The molecule has 1 fully saturated rings. The fourth-order valence-electron chi connectivity index (χ4n) is 2.88. The number of rotatable bonds is 5. The van der Waals surface area contributed by atoms with Crippen molar-refractivity contribution in [3.8, 4) is 0 Å². The lowest BCUT2D eigenvalue weighted by Gasteiger charge is -2.29. The lowest BCUT2D eigenvalue weighted by molar-refractivity contribution is -0.186. The molecule has 128 valence electrons. The summed E-state index contributed by atoms with van der Waals surface area (Å²) >= 11 is 0. The second-order valence-electron chi connectivity index (χ2n) is 6.42. The van der Waals surface area contributed by atoms with Gasteiger partial charge in [0, 0.05) is 6.42 Å². The highest BCUT2D eigenvalue weighted by molar-refractivity contribution is 5.86. The van der Waals surface area contributed by atoms with Crippen LogP contribution in [0.5, 0.6) is 0 Å². The Morgan fingerprint density at radius 1 is 1.29 bits per heavy atom. The van der Waals surface area contributed by atoms with Crippen LogP contribution in [0, 0.1) is 5.92 Å². The van der Waals surface area contributed by atoms with Gasteiger partial charge in [-0.3, -0.25) is 9.63 Å². The van der Waals surface area contributed by atoms with Gasteiger partial charge in [0.1, 0.15) is 18.8 Å². The van der Waals surface area contributed by atoms with Gasteiger partial charge in [0.25, 0.3) is 5.91 Å². The molecule has 0 radical (unpaired) electrons. The van der Waals surface area contributed by atoms with Crippen LogP contribution in [0.25, 0.3) is 0 Å². The molecule has 1 saturated heterocycles. The SMILES string of the molecule is CC(C)[C@H](NC(=O)OCc1ccccc1)C(=O)N1O[C@H]2C=C[C@@H]1C2. The van der Waals surface area contributed by atoms with Crippen molar-refractivity contribution < 1.29 is 19.2 Å². The van der Waals surface area contributed by atoms with Crippen LogP contribution in [0.2, 0.25) is 0 Å². The molecule has 0 saturated carbocycles. The lowest BCUT2D eigenvalue weighted by atomic mass is 10.0. The number of nitrogens with zero attached hydrogens (tertiary/aromatic N) is 1. The van der Waals surface area contributed by atoms with E-state index in [4.69, 9.17) is 9.57 Å². The number of fused-ring (bicyclic) bond motifs is 2. The number of carbonyl (C=O) groups excluding carboxylic acids is 2. The van der Waals surface area contributed by atoms with Crippen LogP contribution < -0.4 is 5.32 Å². The van der Waals surface area contributed by atoms with Crippen LogP contribution in [-0.2, 0) is 21.0 Å². The number of nitrogens with one attached hydrogen (secondary N) is 1. The van der Waals surface area contributed by atoms with Crippen molar-refractivity contribution in [2.24, 2.45) is 5.92 Å². The molecular weight excluding hydrogens is 308 g/mol. The highest BCUT2D eigenvalue weighted by Crippen LogP contribution is 2.30. The molecule has 1 heterocycles. The van der Waals surface area contributed by atoms with Crippen molar-refractivity contribution in [3.63, 3.8) is 0 Å².